The molecule has 0 saturated carbocycles. The molecular weight excluding hydrogens is 228 g/mol. The lowest BCUT2D eigenvalue weighted by Crippen LogP contribution is -2.37. The number of rotatable bonds is 4. The van der Waals surface area contributed by atoms with Crippen LogP contribution in [0.3, 0.4) is 0 Å². The van der Waals surface area contributed by atoms with E-state index in [1.165, 1.54) is 12.8 Å². The molecule has 1 aromatic rings. The predicted molar refractivity (Wildman–Crippen MR) is 71.6 cm³/mol. The third kappa shape index (κ3) is 2.98. The maximum absolute atomic E-state index is 11.4. The Kier molecular flexibility index (Phi) is 4.15. The minimum atomic E-state index is -0.424. The Balaban J connectivity index is 2.08. The zero-order chi connectivity index (χ0) is 13.0. The SMILES string of the molecule is CN(CC1CCCNC1)c1ncccc1C(N)=O. The molecule has 1 amide bonds. The molecule has 1 aliphatic heterocycles. The van der Waals surface area contributed by atoms with Gasteiger partial charge in [-0.15, -0.1) is 0 Å². The highest BCUT2D eigenvalue weighted by Crippen LogP contribution is 2.18. The molecule has 1 fully saturated rings. The van der Waals surface area contributed by atoms with Crippen molar-refractivity contribution < 1.29 is 4.79 Å². The van der Waals surface area contributed by atoms with Crippen molar-refractivity contribution in [3.63, 3.8) is 0 Å². The normalized spacial score (nSPS) is 19.5. The second kappa shape index (κ2) is 5.82. The molecule has 5 nitrogen and oxygen atoms in total. The number of nitrogens with two attached hydrogens (primary N) is 1. The smallest absolute Gasteiger partial charge is 0.252 e. The number of nitrogens with zero attached hydrogens (tertiary/aromatic N) is 2. The quantitative estimate of drug-likeness (QED) is 0.819. The minimum absolute atomic E-state index is 0.424. The first-order valence-electron chi connectivity index (χ1n) is 6.35. The number of primary amides is 1. The van der Waals surface area contributed by atoms with E-state index in [0.717, 1.165) is 19.6 Å². The van der Waals surface area contributed by atoms with Crippen LogP contribution in [0.25, 0.3) is 0 Å². The Labute approximate surface area is 107 Å². The average Bonchev–Trinajstić information content (AvgIpc) is 2.40. The largest absolute Gasteiger partial charge is 0.365 e. The molecule has 0 bridgehead atoms. The van der Waals surface area contributed by atoms with E-state index in [1.807, 2.05) is 11.9 Å². The average molecular weight is 248 g/mol. The first-order valence-corrected chi connectivity index (χ1v) is 6.35. The van der Waals surface area contributed by atoms with Crippen LogP contribution in [0.1, 0.15) is 23.2 Å². The summed E-state index contributed by atoms with van der Waals surface area (Å²) in [4.78, 5) is 17.7. The third-order valence-electron chi connectivity index (χ3n) is 3.34. The van der Waals surface area contributed by atoms with Crippen molar-refractivity contribution in [2.75, 3.05) is 31.6 Å². The second-order valence-corrected chi connectivity index (χ2v) is 4.83. The molecule has 0 aliphatic carbocycles. The van der Waals surface area contributed by atoms with Gasteiger partial charge in [-0.2, -0.15) is 0 Å². The number of piperidine rings is 1. The molecule has 1 unspecified atom stereocenters. The number of carbonyl (C=O) groups is 1. The summed E-state index contributed by atoms with van der Waals surface area (Å²) in [7, 11) is 1.96. The van der Waals surface area contributed by atoms with Gasteiger partial charge < -0.3 is 16.0 Å². The van der Waals surface area contributed by atoms with Gasteiger partial charge in [0.25, 0.3) is 5.91 Å². The van der Waals surface area contributed by atoms with Gasteiger partial charge >= 0.3 is 0 Å². The summed E-state index contributed by atoms with van der Waals surface area (Å²) in [5.41, 5.74) is 5.86. The first-order chi connectivity index (χ1) is 8.68. The van der Waals surface area contributed by atoms with E-state index in [1.54, 1.807) is 18.3 Å². The molecule has 0 aromatic carbocycles. The minimum Gasteiger partial charge on any atom is -0.365 e. The van der Waals surface area contributed by atoms with Gasteiger partial charge in [-0.05, 0) is 44.0 Å². The van der Waals surface area contributed by atoms with Gasteiger partial charge in [0.15, 0.2) is 0 Å². The lowest BCUT2D eigenvalue weighted by Gasteiger charge is -2.28. The molecule has 98 valence electrons. The fourth-order valence-corrected chi connectivity index (χ4v) is 2.45. The van der Waals surface area contributed by atoms with E-state index in [4.69, 9.17) is 5.73 Å². The number of anilines is 1. The van der Waals surface area contributed by atoms with Gasteiger partial charge in [-0.1, -0.05) is 0 Å². The molecule has 5 heteroatoms. The van der Waals surface area contributed by atoms with E-state index in [9.17, 15) is 4.79 Å². The second-order valence-electron chi connectivity index (χ2n) is 4.83. The molecule has 0 radical (unpaired) electrons. The van der Waals surface area contributed by atoms with Gasteiger partial charge in [-0.3, -0.25) is 4.79 Å². The maximum atomic E-state index is 11.4. The predicted octanol–water partition coefficient (Wildman–Crippen LogP) is 0.616. The Morgan fingerprint density at radius 3 is 3.17 bits per heavy atom. The number of carbonyl (C=O) groups excluding carboxylic acids is 1. The van der Waals surface area contributed by atoms with Gasteiger partial charge in [0.1, 0.15) is 5.82 Å². The van der Waals surface area contributed by atoms with Crippen molar-refractivity contribution >= 4 is 11.7 Å². The van der Waals surface area contributed by atoms with Gasteiger partial charge in [0.2, 0.25) is 0 Å². The van der Waals surface area contributed by atoms with Crippen LogP contribution in [0.2, 0.25) is 0 Å². The highest BCUT2D eigenvalue weighted by molar-refractivity contribution is 5.97. The summed E-state index contributed by atoms with van der Waals surface area (Å²) in [5.74, 6) is 0.855. The molecular formula is C13H20N4O. The summed E-state index contributed by atoms with van der Waals surface area (Å²) >= 11 is 0. The van der Waals surface area contributed by atoms with Crippen molar-refractivity contribution in [1.29, 1.82) is 0 Å². The van der Waals surface area contributed by atoms with Crippen LogP contribution in [0.4, 0.5) is 5.82 Å². The van der Waals surface area contributed by atoms with E-state index >= 15 is 0 Å². The summed E-state index contributed by atoms with van der Waals surface area (Å²) in [5, 5.41) is 3.39. The Bertz CT molecular complexity index is 415. The number of pyridine rings is 1. The standard InChI is InChI=1S/C13H20N4O/c1-17(9-10-4-2-6-15-8-10)13-11(12(14)18)5-3-7-16-13/h3,5,7,10,15H,2,4,6,8-9H2,1H3,(H2,14,18). The lowest BCUT2D eigenvalue weighted by molar-refractivity contribution is 0.100. The summed E-state index contributed by atoms with van der Waals surface area (Å²) in [6.07, 6.45) is 4.12. The van der Waals surface area contributed by atoms with Gasteiger partial charge in [0, 0.05) is 19.8 Å². The molecule has 1 aliphatic rings. The van der Waals surface area contributed by atoms with E-state index in [-0.39, 0.29) is 0 Å². The van der Waals surface area contributed by atoms with Crippen LogP contribution in [0, 0.1) is 5.92 Å². The Hall–Kier alpha value is -1.62. The van der Waals surface area contributed by atoms with E-state index < -0.39 is 5.91 Å². The Morgan fingerprint density at radius 1 is 1.67 bits per heavy atom. The molecule has 18 heavy (non-hydrogen) atoms. The highest BCUT2D eigenvalue weighted by Gasteiger charge is 2.18. The molecule has 1 atom stereocenters. The van der Waals surface area contributed by atoms with Crippen molar-refractivity contribution in [2.24, 2.45) is 11.7 Å². The van der Waals surface area contributed by atoms with Crippen LogP contribution in [-0.4, -0.2) is 37.6 Å². The lowest BCUT2D eigenvalue weighted by atomic mass is 9.99. The number of hydrogen-bond acceptors (Lipinski definition) is 4. The van der Waals surface area contributed by atoms with Crippen LogP contribution >= 0.6 is 0 Å². The van der Waals surface area contributed by atoms with Crippen LogP contribution in [0.15, 0.2) is 18.3 Å². The van der Waals surface area contributed by atoms with Gasteiger partial charge in [-0.25, -0.2) is 4.98 Å². The number of aromatic nitrogens is 1. The van der Waals surface area contributed by atoms with Crippen molar-refractivity contribution in [3.05, 3.63) is 23.9 Å². The fraction of sp³-hybridized carbons (Fsp3) is 0.538. The maximum Gasteiger partial charge on any atom is 0.252 e. The van der Waals surface area contributed by atoms with Crippen LogP contribution < -0.4 is 16.0 Å². The molecule has 2 heterocycles. The zero-order valence-corrected chi connectivity index (χ0v) is 10.7. The molecule has 2 rings (SSSR count). The summed E-state index contributed by atoms with van der Waals surface area (Å²) in [6, 6.07) is 3.46. The number of amides is 1. The van der Waals surface area contributed by atoms with Crippen molar-refractivity contribution in [2.45, 2.75) is 12.8 Å². The Morgan fingerprint density at radius 2 is 2.50 bits per heavy atom. The van der Waals surface area contributed by atoms with E-state index in [0.29, 0.717) is 17.3 Å². The first kappa shape index (κ1) is 12.8. The molecule has 1 aromatic heterocycles. The van der Waals surface area contributed by atoms with Gasteiger partial charge in [0.05, 0.1) is 5.56 Å². The topological polar surface area (TPSA) is 71.2 Å². The molecule has 0 spiro atoms. The highest BCUT2D eigenvalue weighted by atomic mass is 16.1. The monoisotopic (exact) mass is 248 g/mol. The zero-order valence-electron chi connectivity index (χ0n) is 10.7. The molecule has 1 saturated heterocycles. The number of hydrogen-bond donors (Lipinski definition) is 2. The van der Waals surface area contributed by atoms with Crippen molar-refractivity contribution in [3.8, 4) is 0 Å². The third-order valence-corrected chi connectivity index (χ3v) is 3.34. The van der Waals surface area contributed by atoms with Crippen LogP contribution in [-0.2, 0) is 0 Å². The number of nitrogens with one attached hydrogen (secondary N) is 1. The van der Waals surface area contributed by atoms with Crippen LogP contribution in [0.5, 0.6) is 0 Å². The molecule has 3 N–H and O–H groups in total. The summed E-state index contributed by atoms with van der Waals surface area (Å²) < 4.78 is 0. The summed E-state index contributed by atoms with van der Waals surface area (Å²) in [6.45, 7) is 3.03. The van der Waals surface area contributed by atoms with E-state index in [2.05, 4.69) is 10.3 Å². The van der Waals surface area contributed by atoms with Crippen molar-refractivity contribution in [1.82, 2.24) is 10.3 Å². The fourth-order valence-electron chi connectivity index (χ4n) is 2.45.